The minimum atomic E-state index is 0.445. The molecule has 1 aliphatic rings. The van der Waals surface area contributed by atoms with Gasteiger partial charge in [-0.15, -0.1) is 0 Å². The molecule has 2 unspecified atom stereocenters. The van der Waals surface area contributed by atoms with Crippen molar-refractivity contribution in [3.8, 4) is 0 Å². The van der Waals surface area contributed by atoms with Crippen LogP contribution in [-0.2, 0) is 4.74 Å². The molecule has 0 radical (unpaired) electrons. The van der Waals surface area contributed by atoms with Gasteiger partial charge in [0.25, 0.3) is 0 Å². The molecule has 3 nitrogen and oxygen atoms in total. The predicted molar refractivity (Wildman–Crippen MR) is 84.2 cm³/mol. The number of halogens is 1. The Morgan fingerprint density at radius 2 is 2.39 bits per heavy atom. The lowest BCUT2D eigenvalue weighted by atomic mass is 10.1. The van der Waals surface area contributed by atoms with Gasteiger partial charge in [0, 0.05) is 27.9 Å². The van der Waals surface area contributed by atoms with Crippen LogP contribution in [0.15, 0.2) is 18.2 Å². The van der Waals surface area contributed by atoms with Crippen LogP contribution in [0.2, 0.25) is 0 Å². The molecular formula is C14H21IN2O. The van der Waals surface area contributed by atoms with Gasteiger partial charge in [-0.25, -0.2) is 0 Å². The van der Waals surface area contributed by atoms with Gasteiger partial charge < -0.3 is 15.4 Å². The lowest BCUT2D eigenvalue weighted by molar-refractivity contribution is 0.0731. The molecule has 0 aliphatic carbocycles. The molecule has 0 saturated carbocycles. The molecule has 1 fully saturated rings. The number of morpholine rings is 1. The van der Waals surface area contributed by atoms with Crippen molar-refractivity contribution in [3.05, 3.63) is 27.3 Å². The third-order valence-electron chi connectivity index (χ3n) is 3.31. The van der Waals surface area contributed by atoms with E-state index in [0.717, 1.165) is 26.2 Å². The summed E-state index contributed by atoms with van der Waals surface area (Å²) in [5, 5.41) is 7.09. The molecular weight excluding hydrogens is 339 g/mol. The summed E-state index contributed by atoms with van der Waals surface area (Å²) in [5.74, 6) is 0. The van der Waals surface area contributed by atoms with Gasteiger partial charge in [0.05, 0.1) is 13.2 Å². The van der Waals surface area contributed by atoms with Crippen molar-refractivity contribution in [3.63, 3.8) is 0 Å². The Labute approximate surface area is 123 Å². The largest absolute Gasteiger partial charge is 0.382 e. The van der Waals surface area contributed by atoms with E-state index >= 15 is 0 Å². The van der Waals surface area contributed by atoms with E-state index in [1.54, 1.807) is 0 Å². The van der Waals surface area contributed by atoms with Crippen molar-refractivity contribution in [2.75, 3.05) is 25.1 Å². The van der Waals surface area contributed by atoms with E-state index in [-0.39, 0.29) is 0 Å². The van der Waals surface area contributed by atoms with E-state index in [1.165, 1.54) is 14.8 Å². The summed E-state index contributed by atoms with van der Waals surface area (Å²) >= 11 is 2.38. The number of rotatable bonds is 4. The first-order valence-corrected chi connectivity index (χ1v) is 7.57. The molecule has 1 aromatic carbocycles. The van der Waals surface area contributed by atoms with Crippen molar-refractivity contribution in [2.45, 2.75) is 32.4 Å². The van der Waals surface area contributed by atoms with Crippen LogP contribution < -0.4 is 10.6 Å². The van der Waals surface area contributed by atoms with Crippen molar-refractivity contribution < 1.29 is 4.74 Å². The predicted octanol–water partition coefficient (Wildman–Crippen LogP) is 2.78. The van der Waals surface area contributed by atoms with Gasteiger partial charge in [-0.05, 0) is 60.6 Å². The average Bonchev–Trinajstić information content (AvgIpc) is 2.36. The molecule has 1 aliphatic heterocycles. The summed E-state index contributed by atoms with van der Waals surface area (Å²) in [7, 11) is 0. The standard InChI is InChI=1S/C14H21IN2O/c1-10(8-12-9-18-7-6-16-12)17-14-5-3-4-13(15)11(14)2/h3-5,10,12,16-17H,6-9H2,1-2H3. The van der Waals surface area contributed by atoms with Crippen LogP contribution in [0, 0.1) is 10.5 Å². The fourth-order valence-electron chi connectivity index (χ4n) is 2.29. The maximum Gasteiger partial charge on any atom is 0.0621 e. The van der Waals surface area contributed by atoms with Crippen LogP contribution in [0.1, 0.15) is 18.9 Å². The molecule has 0 aromatic heterocycles. The zero-order chi connectivity index (χ0) is 13.0. The summed E-state index contributed by atoms with van der Waals surface area (Å²) in [6.07, 6.45) is 1.09. The van der Waals surface area contributed by atoms with E-state index in [0.29, 0.717) is 12.1 Å². The van der Waals surface area contributed by atoms with Crippen molar-refractivity contribution in [1.82, 2.24) is 5.32 Å². The Hall–Kier alpha value is -0.330. The molecule has 2 N–H and O–H groups in total. The Kier molecular flexibility index (Phi) is 5.26. The van der Waals surface area contributed by atoms with Gasteiger partial charge in [0.15, 0.2) is 0 Å². The van der Waals surface area contributed by atoms with E-state index < -0.39 is 0 Å². The molecule has 0 spiro atoms. The molecule has 4 heteroatoms. The zero-order valence-electron chi connectivity index (χ0n) is 11.0. The molecule has 1 aromatic rings. The fourth-order valence-corrected chi connectivity index (χ4v) is 2.78. The maximum absolute atomic E-state index is 5.48. The van der Waals surface area contributed by atoms with Crippen molar-refractivity contribution in [1.29, 1.82) is 0 Å². The molecule has 0 amide bonds. The second-order valence-corrected chi connectivity index (χ2v) is 6.08. The average molecular weight is 360 g/mol. The van der Waals surface area contributed by atoms with Crippen LogP contribution in [0.3, 0.4) is 0 Å². The van der Waals surface area contributed by atoms with E-state index in [1.807, 2.05) is 0 Å². The fraction of sp³-hybridized carbons (Fsp3) is 0.571. The topological polar surface area (TPSA) is 33.3 Å². The highest BCUT2D eigenvalue weighted by Crippen LogP contribution is 2.21. The Morgan fingerprint density at radius 3 is 3.11 bits per heavy atom. The number of hydrogen-bond acceptors (Lipinski definition) is 3. The lowest BCUT2D eigenvalue weighted by Crippen LogP contribution is -2.43. The number of ether oxygens (including phenoxy) is 1. The lowest BCUT2D eigenvalue weighted by Gasteiger charge is -2.27. The maximum atomic E-state index is 5.48. The van der Waals surface area contributed by atoms with Crippen LogP contribution in [0.4, 0.5) is 5.69 Å². The smallest absolute Gasteiger partial charge is 0.0621 e. The third-order valence-corrected chi connectivity index (χ3v) is 4.47. The number of hydrogen-bond donors (Lipinski definition) is 2. The molecule has 18 heavy (non-hydrogen) atoms. The van der Waals surface area contributed by atoms with Crippen LogP contribution in [-0.4, -0.2) is 31.8 Å². The van der Waals surface area contributed by atoms with Crippen LogP contribution in [0.25, 0.3) is 0 Å². The summed E-state index contributed by atoms with van der Waals surface area (Å²) in [4.78, 5) is 0. The highest BCUT2D eigenvalue weighted by Gasteiger charge is 2.16. The van der Waals surface area contributed by atoms with Gasteiger partial charge in [-0.3, -0.25) is 0 Å². The molecule has 1 saturated heterocycles. The molecule has 1 heterocycles. The molecule has 2 atom stereocenters. The minimum Gasteiger partial charge on any atom is -0.382 e. The Bertz CT molecular complexity index is 391. The molecule has 100 valence electrons. The van der Waals surface area contributed by atoms with E-state index in [4.69, 9.17) is 4.74 Å². The van der Waals surface area contributed by atoms with Crippen LogP contribution >= 0.6 is 22.6 Å². The number of benzene rings is 1. The first-order valence-electron chi connectivity index (χ1n) is 6.49. The summed E-state index contributed by atoms with van der Waals surface area (Å²) < 4.78 is 6.79. The SMILES string of the molecule is Cc1c(I)cccc1NC(C)CC1COCCN1. The van der Waals surface area contributed by atoms with Crippen molar-refractivity contribution >= 4 is 28.3 Å². The summed E-state index contributed by atoms with van der Waals surface area (Å²) in [5.41, 5.74) is 2.57. The number of anilines is 1. The Morgan fingerprint density at radius 1 is 1.56 bits per heavy atom. The first kappa shape index (κ1) is 14.1. The highest BCUT2D eigenvalue weighted by molar-refractivity contribution is 14.1. The van der Waals surface area contributed by atoms with E-state index in [2.05, 4.69) is 65.3 Å². The van der Waals surface area contributed by atoms with Gasteiger partial charge in [0.2, 0.25) is 0 Å². The zero-order valence-corrected chi connectivity index (χ0v) is 13.2. The monoisotopic (exact) mass is 360 g/mol. The normalized spacial score (nSPS) is 21.6. The second-order valence-electron chi connectivity index (χ2n) is 4.92. The van der Waals surface area contributed by atoms with Crippen LogP contribution in [0.5, 0.6) is 0 Å². The summed E-state index contributed by atoms with van der Waals surface area (Å²) in [6, 6.07) is 7.32. The highest BCUT2D eigenvalue weighted by atomic mass is 127. The minimum absolute atomic E-state index is 0.445. The molecule has 0 bridgehead atoms. The third kappa shape index (κ3) is 3.83. The Balaban J connectivity index is 1.90. The van der Waals surface area contributed by atoms with Gasteiger partial charge >= 0.3 is 0 Å². The number of nitrogens with one attached hydrogen (secondary N) is 2. The van der Waals surface area contributed by atoms with Gasteiger partial charge in [-0.1, -0.05) is 6.07 Å². The van der Waals surface area contributed by atoms with Gasteiger partial charge in [0.1, 0.15) is 0 Å². The first-order chi connectivity index (χ1) is 8.66. The van der Waals surface area contributed by atoms with Crippen molar-refractivity contribution in [2.24, 2.45) is 0 Å². The quantitative estimate of drug-likeness (QED) is 0.811. The second kappa shape index (κ2) is 6.73. The summed E-state index contributed by atoms with van der Waals surface area (Å²) in [6.45, 7) is 7.04. The van der Waals surface area contributed by atoms with E-state index in [9.17, 15) is 0 Å². The molecule has 2 rings (SSSR count). The van der Waals surface area contributed by atoms with Gasteiger partial charge in [-0.2, -0.15) is 0 Å².